The molecule has 0 saturated carbocycles. The molecule has 2 aromatic carbocycles. The van der Waals surface area contributed by atoms with E-state index in [9.17, 15) is 9.18 Å². The lowest BCUT2D eigenvalue weighted by Gasteiger charge is -2.12. The van der Waals surface area contributed by atoms with E-state index in [4.69, 9.17) is 32.7 Å². The van der Waals surface area contributed by atoms with E-state index in [1.165, 1.54) is 20.3 Å². The molecule has 0 saturated heterocycles. The Morgan fingerprint density at radius 1 is 1.17 bits per heavy atom. The summed E-state index contributed by atoms with van der Waals surface area (Å²) in [5, 5.41) is 3.37. The minimum absolute atomic E-state index is 0.0230. The second-order valence-electron chi connectivity index (χ2n) is 4.95. The van der Waals surface area contributed by atoms with Gasteiger partial charge in [0.2, 0.25) is 5.91 Å². The van der Waals surface area contributed by atoms with E-state index in [2.05, 4.69) is 5.32 Å². The average Bonchev–Trinajstić information content (AvgIpc) is 2.57. The molecule has 0 unspecified atom stereocenters. The lowest BCUT2D eigenvalue weighted by atomic mass is 10.1. The van der Waals surface area contributed by atoms with E-state index in [0.717, 1.165) is 11.6 Å². The van der Waals surface area contributed by atoms with Gasteiger partial charge in [-0.1, -0.05) is 35.3 Å². The summed E-state index contributed by atoms with van der Waals surface area (Å²) in [7, 11) is 2.84. The number of rotatable bonds is 6. The van der Waals surface area contributed by atoms with Crippen molar-refractivity contribution >= 4 is 34.8 Å². The smallest absolute Gasteiger partial charge is 0.224 e. The van der Waals surface area contributed by atoms with Gasteiger partial charge < -0.3 is 14.8 Å². The SMILES string of the molecule is COc1cc(F)c(NC(=O)CCc2cccc(Cl)c2Cl)cc1OC. The van der Waals surface area contributed by atoms with Crippen LogP contribution in [0, 0.1) is 5.82 Å². The molecule has 0 aliphatic rings. The predicted octanol–water partition coefficient (Wildman–Crippen LogP) is 4.72. The number of hydrogen-bond acceptors (Lipinski definition) is 3. The van der Waals surface area contributed by atoms with Crippen molar-refractivity contribution in [2.24, 2.45) is 0 Å². The zero-order chi connectivity index (χ0) is 17.7. The molecule has 2 rings (SSSR count). The third-order valence-corrected chi connectivity index (χ3v) is 4.26. The van der Waals surface area contributed by atoms with Crippen LogP contribution in [-0.2, 0) is 11.2 Å². The summed E-state index contributed by atoms with van der Waals surface area (Å²) >= 11 is 12.0. The van der Waals surface area contributed by atoms with E-state index >= 15 is 0 Å². The standard InChI is InChI=1S/C17H16Cl2FNO3/c1-23-14-8-12(20)13(9-15(14)24-2)21-16(22)7-6-10-4-3-5-11(18)17(10)19/h3-5,8-9H,6-7H2,1-2H3,(H,21,22). The van der Waals surface area contributed by atoms with Gasteiger partial charge in [0, 0.05) is 18.6 Å². The number of methoxy groups -OCH3 is 2. The lowest BCUT2D eigenvalue weighted by molar-refractivity contribution is -0.116. The van der Waals surface area contributed by atoms with Crippen LogP contribution in [0.15, 0.2) is 30.3 Å². The fourth-order valence-electron chi connectivity index (χ4n) is 2.15. The molecule has 0 fully saturated rings. The molecule has 0 aromatic heterocycles. The highest BCUT2D eigenvalue weighted by Crippen LogP contribution is 2.32. The Labute approximate surface area is 149 Å². The number of halogens is 3. The summed E-state index contributed by atoms with van der Waals surface area (Å²) in [4.78, 5) is 12.1. The Kier molecular flexibility index (Phi) is 6.29. The first-order valence-corrected chi connectivity index (χ1v) is 7.86. The Hall–Kier alpha value is -1.98. The van der Waals surface area contributed by atoms with Crippen LogP contribution in [0.25, 0.3) is 0 Å². The van der Waals surface area contributed by atoms with Crippen LogP contribution in [-0.4, -0.2) is 20.1 Å². The van der Waals surface area contributed by atoms with Crippen LogP contribution in [0.5, 0.6) is 11.5 Å². The third kappa shape index (κ3) is 4.30. The van der Waals surface area contributed by atoms with Crippen molar-refractivity contribution in [2.75, 3.05) is 19.5 Å². The van der Waals surface area contributed by atoms with Gasteiger partial charge >= 0.3 is 0 Å². The van der Waals surface area contributed by atoms with Gasteiger partial charge in [-0.05, 0) is 18.1 Å². The Bertz CT molecular complexity index is 753. The van der Waals surface area contributed by atoms with Crippen LogP contribution in [0.3, 0.4) is 0 Å². The molecule has 0 bridgehead atoms. The highest BCUT2D eigenvalue weighted by Gasteiger charge is 2.14. The molecule has 4 nitrogen and oxygen atoms in total. The largest absolute Gasteiger partial charge is 0.493 e. The molecule has 1 N–H and O–H groups in total. The van der Waals surface area contributed by atoms with Gasteiger partial charge in [-0.25, -0.2) is 4.39 Å². The van der Waals surface area contributed by atoms with E-state index in [0.29, 0.717) is 22.2 Å². The molecular formula is C17H16Cl2FNO3. The summed E-state index contributed by atoms with van der Waals surface area (Å²) in [6.07, 6.45) is 0.522. The minimum atomic E-state index is -0.609. The fourth-order valence-corrected chi connectivity index (χ4v) is 2.57. The van der Waals surface area contributed by atoms with Gasteiger partial charge in [-0.15, -0.1) is 0 Å². The molecule has 128 valence electrons. The number of anilines is 1. The van der Waals surface area contributed by atoms with Crippen molar-refractivity contribution in [3.05, 3.63) is 51.8 Å². The number of carbonyl (C=O) groups is 1. The second kappa shape index (κ2) is 8.22. The number of benzene rings is 2. The Balaban J connectivity index is 2.06. The quantitative estimate of drug-likeness (QED) is 0.798. The van der Waals surface area contributed by atoms with Crippen molar-refractivity contribution in [2.45, 2.75) is 12.8 Å². The molecule has 1 amide bonds. The van der Waals surface area contributed by atoms with Crippen LogP contribution >= 0.6 is 23.2 Å². The van der Waals surface area contributed by atoms with Crippen molar-refractivity contribution in [1.82, 2.24) is 0 Å². The van der Waals surface area contributed by atoms with Crippen LogP contribution in [0.4, 0.5) is 10.1 Å². The van der Waals surface area contributed by atoms with Crippen molar-refractivity contribution in [1.29, 1.82) is 0 Å². The van der Waals surface area contributed by atoms with Crippen molar-refractivity contribution in [3.63, 3.8) is 0 Å². The fraction of sp³-hybridized carbons (Fsp3) is 0.235. The molecule has 7 heteroatoms. The van der Waals surface area contributed by atoms with Crippen LogP contribution < -0.4 is 14.8 Å². The summed E-state index contributed by atoms with van der Waals surface area (Å²) in [5.41, 5.74) is 0.780. The summed E-state index contributed by atoms with van der Waals surface area (Å²) in [6, 6.07) is 7.75. The van der Waals surface area contributed by atoms with Crippen molar-refractivity contribution in [3.8, 4) is 11.5 Å². The molecule has 0 atom stereocenters. The number of aryl methyl sites for hydroxylation is 1. The second-order valence-corrected chi connectivity index (χ2v) is 5.73. The lowest BCUT2D eigenvalue weighted by Crippen LogP contribution is -2.14. The average molecular weight is 372 g/mol. The van der Waals surface area contributed by atoms with Crippen LogP contribution in [0.2, 0.25) is 10.0 Å². The molecular weight excluding hydrogens is 356 g/mol. The summed E-state index contributed by atoms with van der Waals surface area (Å²) < 4.78 is 24.1. The van der Waals surface area contributed by atoms with E-state index in [1.807, 2.05) is 0 Å². The van der Waals surface area contributed by atoms with Gasteiger partial charge in [0.1, 0.15) is 0 Å². The Morgan fingerprint density at radius 3 is 2.50 bits per heavy atom. The third-order valence-electron chi connectivity index (χ3n) is 3.40. The highest BCUT2D eigenvalue weighted by atomic mass is 35.5. The first-order chi connectivity index (χ1) is 11.5. The van der Waals surface area contributed by atoms with Gasteiger partial charge in [-0.3, -0.25) is 4.79 Å². The first kappa shape index (κ1) is 18.4. The summed E-state index contributed by atoms with van der Waals surface area (Å²) in [5.74, 6) is -0.384. The van der Waals surface area contributed by atoms with Crippen molar-refractivity contribution < 1.29 is 18.7 Å². The zero-order valence-corrected chi connectivity index (χ0v) is 14.7. The highest BCUT2D eigenvalue weighted by molar-refractivity contribution is 6.42. The van der Waals surface area contributed by atoms with E-state index < -0.39 is 5.82 Å². The van der Waals surface area contributed by atoms with E-state index in [1.54, 1.807) is 18.2 Å². The minimum Gasteiger partial charge on any atom is -0.493 e. The van der Waals surface area contributed by atoms with Crippen LogP contribution in [0.1, 0.15) is 12.0 Å². The predicted molar refractivity (Wildman–Crippen MR) is 92.9 cm³/mol. The maximum absolute atomic E-state index is 14.0. The van der Waals surface area contributed by atoms with Gasteiger partial charge in [0.25, 0.3) is 0 Å². The molecule has 2 aromatic rings. The van der Waals surface area contributed by atoms with E-state index in [-0.39, 0.29) is 23.8 Å². The zero-order valence-electron chi connectivity index (χ0n) is 13.2. The normalized spacial score (nSPS) is 10.4. The maximum atomic E-state index is 14.0. The van der Waals surface area contributed by atoms with Gasteiger partial charge in [-0.2, -0.15) is 0 Å². The summed E-state index contributed by atoms with van der Waals surface area (Å²) in [6.45, 7) is 0. The number of carbonyl (C=O) groups excluding carboxylic acids is 1. The topological polar surface area (TPSA) is 47.6 Å². The number of ether oxygens (including phenoxy) is 2. The number of nitrogens with one attached hydrogen (secondary N) is 1. The monoisotopic (exact) mass is 371 g/mol. The molecule has 0 aliphatic carbocycles. The molecule has 0 heterocycles. The molecule has 0 spiro atoms. The first-order valence-electron chi connectivity index (χ1n) is 7.10. The Morgan fingerprint density at radius 2 is 1.83 bits per heavy atom. The number of amides is 1. The molecule has 24 heavy (non-hydrogen) atoms. The number of hydrogen-bond donors (Lipinski definition) is 1. The van der Waals surface area contributed by atoms with Gasteiger partial charge in [0.05, 0.1) is 30.0 Å². The van der Waals surface area contributed by atoms with Gasteiger partial charge in [0.15, 0.2) is 17.3 Å². The molecule has 0 aliphatic heterocycles. The molecule has 0 radical (unpaired) electrons. The maximum Gasteiger partial charge on any atom is 0.224 e.